The van der Waals surface area contributed by atoms with Crippen LogP contribution in [0.2, 0.25) is 0 Å². The molecule has 78 valence electrons. The third-order valence-corrected chi connectivity index (χ3v) is 1.50. The molecule has 2 atom stereocenters. The summed E-state index contributed by atoms with van der Waals surface area (Å²) in [5.74, 6) is -0.435. The maximum Gasteiger partial charge on any atom is 0.508 e. The molecule has 0 saturated heterocycles. The van der Waals surface area contributed by atoms with E-state index in [1.54, 1.807) is 0 Å². The Balaban J connectivity index is 2.43. The first-order valence-electron chi connectivity index (χ1n) is 3.97. The van der Waals surface area contributed by atoms with Crippen molar-refractivity contribution in [3.8, 4) is 0 Å². The highest BCUT2D eigenvalue weighted by molar-refractivity contribution is 5.66. The van der Waals surface area contributed by atoms with E-state index < -0.39 is 24.5 Å². The van der Waals surface area contributed by atoms with Crippen molar-refractivity contribution in [2.45, 2.75) is 25.7 Å². The lowest BCUT2D eigenvalue weighted by Gasteiger charge is -2.23. The molecule has 0 aliphatic carbocycles. The number of rotatable bonds is 2. The Kier molecular flexibility index (Phi) is 3.33. The van der Waals surface area contributed by atoms with Crippen LogP contribution in [0.1, 0.15) is 13.3 Å². The Hall–Kier alpha value is -1.72. The highest BCUT2D eigenvalue weighted by atomic mass is 16.8. The lowest BCUT2D eigenvalue weighted by molar-refractivity contribution is -0.152. The third-order valence-electron chi connectivity index (χ3n) is 1.50. The van der Waals surface area contributed by atoms with E-state index in [4.69, 9.17) is 14.6 Å². The van der Waals surface area contributed by atoms with Crippen LogP contribution in [0.4, 0.5) is 4.79 Å². The van der Waals surface area contributed by atoms with E-state index in [9.17, 15) is 9.59 Å². The van der Waals surface area contributed by atoms with Gasteiger partial charge in [-0.2, -0.15) is 0 Å². The number of esters is 1. The van der Waals surface area contributed by atoms with E-state index in [1.165, 1.54) is 19.3 Å². The molecule has 1 rings (SSSR count). The van der Waals surface area contributed by atoms with E-state index in [0.29, 0.717) is 0 Å². The van der Waals surface area contributed by atoms with Gasteiger partial charge in [0.05, 0.1) is 12.7 Å². The predicted molar refractivity (Wildman–Crippen MR) is 43.3 cm³/mol. The zero-order valence-electron chi connectivity index (χ0n) is 7.50. The number of carboxylic acid groups (broad SMARTS) is 1. The first-order chi connectivity index (χ1) is 6.58. The highest BCUT2D eigenvalue weighted by Gasteiger charge is 2.24. The van der Waals surface area contributed by atoms with Gasteiger partial charge in [0.15, 0.2) is 0 Å². The van der Waals surface area contributed by atoms with Gasteiger partial charge in [-0.25, -0.2) is 4.79 Å². The Bertz CT molecular complexity index is 259. The molecule has 0 amide bonds. The molecule has 0 aromatic rings. The first-order valence-corrected chi connectivity index (χ1v) is 3.97. The number of hydrogen-bond acceptors (Lipinski definition) is 5. The van der Waals surface area contributed by atoms with Crippen LogP contribution in [0.15, 0.2) is 12.3 Å². The van der Waals surface area contributed by atoms with Crippen LogP contribution in [-0.4, -0.2) is 29.6 Å². The summed E-state index contributed by atoms with van der Waals surface area (Å²) in [6, 6.07) is 0. The van der Waals surface area contributed by atoms with E-state index in [2.05, 4.69) is 4.74 Å². The summed E-state index contributed by atoms with van der Waals surface area (Å²) in [6.45, 7) is 1.27. The van der Waals surface area contributed by atoms with Gasteiger partial charge in [0.2, 0.25) is 0 Å². The average molecular weight is 202 g/mol. The molecule has 0 fully saturated rings. The second-order valence-corrected chi connectivity index (χ2v) is 2.66. The van der Waals surface area contributed by atoms with E-state index in [1.807, 2.05) is 0 Å². The normalized spacial score (nSPS) is 24.9. The SMILES string of the molecule is CC(=O)OC1C=COC(OC(=O)O)C1. The van der Waals surface area contributed by atoms with Gasteiger partial charge in [-0.15, -0.1) is 0 Å². The smallest absolute Gasteiger partial charge is 0.462 e. The van der Waals surface area contributed by atoms with Gasteiger partial charge in [0, 0.05) is 6.92 Å². The van der Waals surface area contributed by atoms with Crippen molar-refractivity contribution in [2.24, 2.45) is 0 Å². The molecule has 1 heterocycles. The number of carbonyl (C=O) groups excluding carboxylic acids is 1. The monoisotopic (exact) mass is 202 g/mol. The molecular weight excluding hydrogens is 192 g/mol. The molecule has 14 heavy (non-hydrogen) atoms. The second-order valence-electron chi connectivity index (χ2n) is 2.66. The van der Waals surface area contributed by atoms with Crippen LogP contribution >= 0.6 is 0 Å². The molecule has 6 heteroatoms. The fourth-order valence-corrected chi connectivity index (χ4v) is 1.03. The minimum Gasteiger partial charge on any atom is -0.462 e. The Morgan fingerprint density at radius 3 is 2.79 bits per heavy atom. The summed E-state index contributed by atoms with van der Waals surface area (Å²) < 4.78 is 14.0. The molecule has 2 unspecified atom stereocenters. The van der Waals surface area contributed by atoms with E-state index >= 15 is 0 Å². The second kappa shape index (κ2) is 4.50. The molecule has 1 aliphatic rings. The van der Waals surface area contributed by atoms with Crippen molar-refractivity contribution < 1.29 is 28.9 Å². The quantitative estimate of drug-likeness (QED) is 0.669. The molecule has 6 nitrogen and oxygen atoms in total. The van der Waals surface area contributed by atoms with Crippen LogP contribution in [0.25, 0.3) is 0 Å². The van der Waals surface area contributed by atoms with Crippen molar-refractivity contribution in [2.75, 3.05) is 0 Å². The summed E-state index contributed by atoms with van der Waals surface area (Å²) in [4.78, 5) is 20.7. The molecule has 1 aliphatic heterocycles. The van der Waals surface area contributed by atoms with Gasteiger partial charge >= 0.3 is 12.1 Å². The lowest BCUT2D eigenvalue weighted by Crippen LogP contribution is -2.29. The predicted octanol–water partition coefficient (Wildman–Crippen LogP) is 0.873. The molecule has 0 aromatic carbocycles. The highest BCUT2D eigenvalue weighted by Crippen LogP contribution is 2.15. The largest absolute Gasteiger partial charge is 0.508 e. The van der Waals surface area contributed by atoms with Crippen molar-refractivity contribution in [1.82, 2.24) is 0 Å². The topological polar surface area (TPSA) is 82.1 Å². The molecule has 0 bridgehead atoms. The summed E-state index contributed by atoms with van der Waals surface area (Å²) in [7, 11) is 0. The summed E-state index contributed by atoms with van der Waals surface area (Å²) in [5.41, 5.74) is 0. The van der Waals surface area contributed by atoms with Crippen molar-refractivity contribution in [3.05, 3.63) is 12.3 Å². The van der Waals surface area contributed by atoms with Gasteiger partial charge in [0.1, 0.15) is 6.10 Å². The fourth-order valence-electron chi connectivity index (χ4n) is 1.03. The van der Waals surface area contributed by atoms with Crippen molar-refractivity contribution >= 4 is 12.1 Å². The van der Waals surface area contributed by atoms with Gasteiger partial charge < -0.3 is 19.3 Å². The minimum absolute atomic E-state index is 0.169. The summed E-state index contributed by atoms with van der Waals surface area (Å²) in [6.07, 6.45) is 0.107. The average Bonchev–Trinajstić information content (AvgIpc) is 2.01. The van der Waals surface area contributed by atoms with Gasteiger partial charge in [-0.1, -0.05) is 0 Å². The van der Waals surface area contributed by atoms with Crippen LogP contribution in [-0.2, 0) is 19.0 Å². The van der Waals surface area contributed by atoms with Crippen LogP contribution in [0.3, 0.4) is 0 Å². The standard InChI is InChI=1S/C8H10O6/c1-5(9)13-6-2-3-12-7(4-6)14-8(10)11/h2-3,6-7H,4H2,1H3,(H,10,11). The van der Waals surface area contributed by atoms with E-state index in [0.717, 1.165) is 0 Å². The molecule has 0 spiro atoms. The Labute approximate surface area is 80.1 Å². The Morgan fingerprint density at radius 1 is 1.50 bits per heavy atom. The maximum atomic E-state index is 10.6. The molecule has 1 N–H and O–H groups in total. The maximum absolute atomic E-state index is 10.6. The summed E-state index contributed by atoms with van der Waals surface area (Å²) >= 11 is 0. The fraction of sp³-hybridized carbons (Fsp3) is 0.500. The van der Waals surface area contributed by atoms with Crippen molar-refractivity contribution in [1.29, 1.82) is 0 Å². The van der Waals surface area contributed by atoms with E-state index in [-0.39, 0.29) is 6.42 Å². The minimum atomic E-state index is -1.42. The zero-order chi connectivity index (χ0) is 10.6. The number of carbonyl (C=O) groups is 2. The molecule has 0 saturated carbocycles. The summed E-state index contributed by atoms with van der Waals surface area (Å²) in [5, 5.41) is 8.30. The number of hydrogen-bond donors (Lipinski definition) is 1. The molecule has 0 aromatic heterocycles. The Morgan fingerprint density at radius 2 is 2.21 bits per heavy atom. The molecule has 0 radical (unpaired) electrons. The van der Waals surface area contributed by atoms with Gasteiger partial charge in [-0.3, -0.25) is 4.79 Å². The van der Waals surface area contributed by atoms with Gasteiger partial charge in [-0.05, 0) is 6.08 Å². The van der Waals surface area contributed by atoms with Gasteiger partial charge in [0.25, 0.3) is 6.29 Å². The lowest BCUT2D eigenvalue weighted by atomic mass is 10.2. The van der Waals surface area contributed by atoms with Crippen LogP contribution in [0.5, 0.6) is 0 Å². The number of ether oxygens (including phenoxy) is 3. The van der Waals surface area contributed by atoms with Crippen molar-refractivity contribution in [3.63, 3.8) is 0 Å². The first kappa shape index (κ1) is 10.4. The van der Waals surface area contributed by atoms with Crippen LogP contribution < -0.4 is 0 Å². The third kappa shape index (κ3) is 3.34. The zero-order valence-corrected chi connectivity index (χ0v) is 7.50. The van der Waals surface area contributed by atoms with Crippen LogP contribution in [0, 0.1) is 0 Å². The molecular formula is C8H10O6.